The molecule has 2 unspecified atom stereocenters. The Morgan fingerprint density at radius 1 is 0.456 bits per heavy atom. The Morgan fingerprint density at radius 2 is 0.877 bits per heavy atom. The van der Waals surface area contributed by atoms with Crippen LogP contribution in [0.3, 0.4) is 0 Å². The van der Waals surface area contributed by atoms with Crippen LogP contribution in [-0.2, 0) is 22.7 Å². The molecule has 3 aromatic carbocycles. The summed E-state index contributed by atoms with van der Waals surface area (Å²) < 4.78 is 36.2. The Hall–Kier alpha value is -4.06. The second-order valence-electron chi connectivity index (χ2n) is 15.3. The minimum absolute atomic E-state index is 0.336. The first-order chi connectivity index (χ1) is 28.0. The summed E-state index contributed by atoms with van der Waals surface area (Å²) in [7, 11) is 0. The average molecular weight is 785 g/mol. The number of rotatable bonds is 34. The summed E-state index contributed by atoms with van der Waals surface area (Å²) in [5, 5.41) is 0. The van der Waals surface area contributed by atoms with E-state index in [0.717, 1.165) is 104 Å². The van der Waals surface area contributed by atoms with Crippen molar-refractivity contribution < 1.29 is 28.4 Å². The number of ether oxygens (including phenoxy) is 6. The van der Waals surface area contributed by atoms with Crippen molar-refractivity contribution in [2.75, 3.05) is 13.2 Å². The molecular formula is C51H76O6. The first-order valence-electron chi connectivity index (χ1n) is 22.4. The van der Waals surface area contributed by atoms with Gasteiger partial charge in [-0.15, -0.1) is 0 Å². The van der Waals surface area contributed by atoms with Crippen LogP contribution in [0.5, 0.6) is 23.0 Å². The molecule has 316 valence electrons. The third kappa shape index (κ3) is 21.9. The topological polar surface area (TPSA) is 55.4 Å². The van der Waals surface area contributed by atoms with Crippen LogP contribution in [0.2, 0.25) is 0 Å². The van der Waals surface area contributed by atoms with Crippen LogP contribution in [0, 0.1) is 6.92 Å². The van der Waals surface area contributed by atoms with E-state index in [-0.39, 0.29) is 0 Å². The lowest BCUT2D eigenvalue weighted by atomic mass is 10.0. The molecule has 0 aliphatic carbocycles. The van der Waals surface area contributed by atoms with Gasteiger partial charge < -0.3 is 28.4 Å². The van der Waals surface area contributed by atoms with Gasteiger partial charge in [-0.3, -0.25) is 0 Å². The largest absolute Gasteiger partial charge is 0.498 e. The van der Waals surface area contributed by atoms with Crippen molar-refractivity contribution in [3.05, 3.63) is 108 Å². The molecular weight excluding hydrogens is 709 g/mol. The Labute approximate surface area is 347 Å². The summed E-state index contributed by atoms with van der Waals surface area (Å²) in [6.45, 7) is 13.0. The van der Waals surface area contributed by atoms with Crippen LogP contribution in [-0.4, -0.2) is 25.4 Å². The molecule has 6 nitrogen and oxygen atoms in total. The minimum atomic E-state index is 0.336. The fraction of sp³-hybridized carbons (Fsp3) is 0.569. The van der Waals surface area contributed by atoms with Crippen LogP contribution in [0.4, 0.5) is 0 Å². The van der Waals surface area contributed by atoms with Crippen LogP contribution < -0.4 is 18.9 Å². The number of aryl methyl sites for hydroxylation is 1. The summed E-state index contributed by atoms with van der Waals surface area (Å²) in [5.74, 6) is 3.48. The molecule has 0 aromatic heterocycles. The number of unbranched alkanes of at least 4 members (excludes halogenated alkanes) is 10. The van der Waals surface area contributed by atoms with Gasteiger partial charge in [0.2, 0.25) is 0 Å². The van der Waals surface area contributed by atoms with E-state index in [1.807, 2.05) is 81.0 Å². The molecule has 0 N–H and O–H groups in total. The van der Waals surface area contributed by atoms with Gasteiger partial charge in [0.15, 0.2) is 0 Å². The van der Waals surface area contributed by atoms with E-state index in [1.54, 1.807) is 0 Å². The van der Waals surface area contributed by atoms with Crippen LogP contribution in [0.15, 0.2) is 91.4 Å². The lowest BCUT2D eigenvalue weighted by Crippen LogP contribution is -2.10. The molecule has 0 amide bonds. The van der Waals surface area contributed by atoms with Crippen molar-refractivity contribution in [2.24, 2.45) is 0 Å². The Balaban J connectivity index is 1.28. The van der Waals surface area contributed by atoms with E-state index >= 15 is 0 Å². The summed E-state index contributed by atoms with van der Waals surface area (Å²) in [6.07, 6.45) is 29.9. The number of benzene rings is 3. The molecule has 6 heteroatoms. The molecule has 0 spiro atoms. The normalized spacial score (nSPS) is 12.5. The molecule has 0 aliphatic heterocycles. The lowest BCUT2D eigenvalue weighted by Gasteiger charge is -2.16. The van der Waals surface area contributed by atoms with Gasteiger partial charge in [0, 0.05) is 0 Å². The third-order valence-electron chi connectivity index (χ3n) is 10.2. The number of hydrogen-bond acceptors (Lipinski definition) is 6. The molecule has 0 saturated heterocycles. The van der Waals surface area contributed by atoms with Gasteiger partial charge in [-0.05, 0) is 157 Å². The zero-order valence-electron chi connectivity index (χ0n) is 36.3. The summed E-state index contributed by atoms with van der Waals surface area (Å²) in [6, 6.07) is 22.5. The first kappa shape index (κ1) is 47.3. The van der Waals surface area contributed by atoms with Crippen molar-refractivity contribution in [1.29, 1.82) is 0 Å². The molecule has 3 aromatic rings. The first-order valence-corrected chi connectivity index (χ1v) is 22.4. The lowest BCUT2D eigenvalue weighted by molar-refractivity contribution is 0.120. The maximum absolute atomic E-state index is 6.17. The second-order valence-corrected chi connectivity index (χ2v) is 15.3. The van der Waals surface area contributed by atoms with Crippen LogP contribution in [0.25, 0.3) is 0 Å². The molecule has 0 heterocycles. The van der Waals surface area contributed by atoms with Gasteiger partial charge in [-0.2, -0.15) is 0 Å². The Bertz CT molecular complexity index is 1460. The molecule has 3 rings (SSSR count). The van der Waals surface area contributed by atoms with Crippen molar-refractivity contribution >= 4 is 0 Å². The summed E-state index contributed by atoms with van der Waals surface area (Å²) in [5.41, 5.74) is 3.25. The highest BCUT2D eigenvalue weighted by Gasteiger charge is 2.10. The molecule has 2 atom stereocenters. The van der Waals surface area contributed by atoms with Crippen LogP contribution >= 0.6 is 0 Å². The van der Waals surface area contributed by atoms with Gasteiger partial charge in [0.1, 0.15) is 36.2 Å². The van der Waals surface area contributed by atoms with Crippen molar-refractivity contribution in [1.82, 2.24) is 0 Å². The maximum Gasteiger partial charge on any atom is 0.122 e. The van der Waals surface area contributed by atoms with Crippen molar-refractivity contribution in [2.45, 2.75) is 176 Å². The van der Waals surface area contributed by atoms with Crippen molar-refractivity contribution in [3.8, 4) is 23.0 Å². The minimum Gasteiger partial charge on any atom is -0.498 e. The fourth-order valence-electron chi connectivity index (χ4n) is 6.78. The smallest absolute Gasteiger partial charge is 0.122 e. The Morgan fingerprint density at radius 3 is 1.30 bits per heavy atom. The van der Waals surface area contributed by atoms with E-state index in [1.165, 1.54) is 64.2 Å². The Kier molecular flexibility index (Phi) is 25.7. The van der Waals surface area contributed by atoms with Gasteiger partial charge in [-0.25, -0.2) is 0 Å². The molecule has 0 bridgehead atoms. The predicted octanol–water partition coefficient (Wildman–Crippen LogP) is 14.8. The van der Waals surface area contributed by atoms with Gasteiger partial charge in [0.25, 0.3) is 0 Å². The SMILES string of the molecule is CC=COC(CCCCCC)CCCCCOc1ccc(COc2ccc(OCc3ccc(OCCCCCC(CCCCCC)OC=CC)cc3)c(C)c2)cc1. The van der Waals surface area contributed by atoms with E-state index in [9.17, 15) is 0 Å². The van der Waals surface area contributed by atoms with Gasteiger partial charge in [-0.1, -0.05) is 88.8 Å². The molecule has 57 heavy (non-hydrogen) atoms. The van der Waals surface area contributed by atoms with E-state index < -0.39 is 0 Å². The summed E-state index contributed by atoms with van der Waals surface area (Å²) >= 11 is 0. The van der Waals surface area contributed by atoms with Gasteiger partial charge in [0.05, 0.1) is 37.9 Å². The van der Waals surface area contributed by atoms with E-state index in [2.05, 4.69) is 45.0 Å². The maximum atomic E-state index is 6.17. The second kappa shape index (κ2) is 31.0. The third-order valence-corrected chi connectivity index (χ3v) is 10.2. The highest BCUT2D eigenvalue weighted by atomic mass is 16.5. The fourth-order valence-corrected chi connectivity index (χ4v) is 6.78. The number of hydrogen-bond donors (Lipinski definition) is 0. The van der Waals surface area contributed by atoms with E-state index in [4.69, 9.17) is 28.4 Å². The zero-order chi connectivity index (χ0) is 40.6. The highest BCUT2D eigenvalue weighted by molar-refractivity contribution is 5.40. The molecule has 0 saturated carbocycles. The molecule has 0 aliphatic rings. The van der Waals surface area contributed by atoms with Crippen molar-refractivity contribution in [3.63, 3.8) is 0 Å². The standard InChI is InChI=1S/C51H76O6/c1-6-10-12-16-22-46(52-36-8-3)24-18-14-20-38-54-48-30-26-44(27-31-48)41-56-50-34-35-51(43(5)40-50)57-42-45-28-32-49(33-29-45)55-39-21-15-19-25-47(53-37-9-4)23-17-13-11-7-2/h8-9,26-37,40,46-47H,6-7,10-25,38-39,41-42H2,1-5H3. The average Bonchev–Trinajstić information content (AvgIpc) is 3.23. The monoisotopic (exact) mass is 785 g/mol. The van der Waals surface area contributed by atoms with E-state index in [0.29, 0.717) is 25.4 Å². The quantitative estimate of drug-likeness (QED) is 0.0444. The highest BCUT2D eigenvalue weighted by Crippen LogP contribution is 2.26. The number of allylic oxidation sites excluding steroid dienone is 2. The van der Waals surface area contributed by atoms with Crippen LogP contribution in [0.1, 0.15) is 160 Å². The summed E-state index contributed by atoms with van der Waals surface area (Å²) in [4.78, 5) is 0. The predicted molar refractivity (Wildman–Crippen MR) is 238 cm³/mol. The molecule has 0 fully saturated rings. The zero-order valence-corrected chi connectivity index (χ0v) is 36.3. The molecule has 0 radical (unpaired) electrons. The van der Waals surface area contributed by atoms with Gasteiger partial charge >= 0.3 is 0 Å².